The Bertz CT molecular complexity index is 419. The van der Waals surface area contributed by atoms with E-state index in [4.69, 9.17) is 16.3 Å². The molecule has 0 bridgehead atoms. The summed E-state index contributed by atoms with van der Waals surface area (Å²) in [6, 6.07) is 1.81. The Morgan fingerprint density at radius 3 is 3.00 bits per heavy atom. The van der Waals surface area contributed by atoms with Crippen LogP contribution in [-0.4, -0.2) is 10.1 Å². The number of ether oxygens (including phenoxy) is 1. The highest BCUT2D eigenvalue weighted by Crippen LogP contribution is 2.55. The maximum Gasteiger partial charge on any atom is 0.184 e. The Kier molecular flexibility index (Phi) is 1.88. The summed E-state index contributed by atoms with van der Waals surface area (Å²) >= 11 is 5.88. The van der Waals surface area contributed by atoms with Crippen LogP contribution in [0.15, 0.2) is 12.3 Å². The molecule has 1 fully saturated rings. The quantitative estimate of drug-likeness (QED) is 0.747. The van der Waals surface area contributed by atoms with Crippen molar-refractivity contribution in [2.24, 2.45) is 5.92 Å². The number of hydrogen-bond acceptors (Lipinski definition) is 3. The molecule has 0 spiro atoms. The maximum absolute atomic E-state index is 9.78. The SMILES string of the molecule is CC1(C2CC2)OC(O)c2cnc(Cl)cc21. The van der Waals surface area contributed by atoms with Crippen molar-refractivity contribution < 1.29 is 9.84 Å². The predicted octanol–water partition coefficient (Wildman–Crippen LogP) is 2.38. The Morgan fingerprint density at radius 2 is 2.33 bits per heavy atom. The molecule has 1 aliphatic carbocycles. The number of nitrogens with zero attached hydrogens (tertiary/aromatic N) is 1. The van der Waals surface area contributed by atoms with Crippen LogP contribution in [0.1, 0.15) is 37.2 Å². The van der Waals surface area contributed by atoms with Crippen molar-refractivity contribution in [1.82, 2.24) is 4.98 Å². The minimum atomic E-state index is -0.852. The third-order valence-electron chi connectivity index (χ3n) is 3.42. The van der Waals surface area contributed by atoms with Crippen molar-refractivity contribution in [2.45, 2.75) is 31.7 Å². The van der Waals surface area contributed by atoms with E-state index >= 15 is 0 Å². The van der Waals surface area contributed by atoms with Gasteiger partial charge in [-0.15, -0.1) is 0 Å². The van der Waals surface area contributed by atoms with Crippen molar-refractivity contribution in [1.29, 1.82) is 0 Å². The molecule has 2 unspecified atom stereocenters. The van der Waals surface area contributed by atoms with Crippen LogP contribution in [0, 0.1) is 5.92 Å². The third kappa shape index (κ3) is 1.30. The predicted molar refractivity (Wildman–Crippen MR) is 55.4 cm³/mol. The van der Waals surface area contributed by atoms with E-state index in [1.165, 1.54) is 0 Å². The van der Waals surface area contributed by atoms with Crippen LogP contribution in [-0.2, 0) is 10.3 Å². The lowest BCUT2D eigenvalue weighted by molar-refractivity contribution is -0.173. The first-order chi connectivity index (χ1) is 7.11. The molecule has 2 aliphatic rings. The molecule has 3 nitrogen and oxygen atoms in total. The topological polar surface area (TPSA) is 42.4 Å². The summed E-state index contributed by atoms with van der Waals surface area (Å²) in [4.78, 5) is 3.97. The molecule has 1 saturated carbocycles. The molecular formula is C11H12ClNO2. The number of aliphatic hydroxyl groups is 1. The van der Waals surface area contributed by atoms with Crippen molar-refractivity contribution >= 4 is 11.6 Å². The number of aromatic nitrogens is 1. The minimum Gasteiger partial charge on any atom is -0.364 e. The molecule has 80 valence electrons. The Balaban J connectivity index is 2.14. The highest BCUT2D eigenvalue weighted by Gasteiger charge is 2.51. The molecule has 4 heteroatoms. The van der Waals surface area contributed by atoms with E-state index in [0.717, 1.165) is 24.0 Å². The highest BCUT2D eigenvalue weighted by atomic mass is 35.5. The summed E-state index contributed by atoms with van der Waals surface area (Å²) < 4.78 is 5.66. The van der Waals surface area contributed by atoms with Gasteiger partial charge in [-0.25, -0.2) is 4.98 Å². The highest BCUT2D eigenvalue weighted by molar-refractivity contribution is 6.29. The van der Waals surface area contributed by atoms with Gasteiger partial charge < -0.3 is 9.84 Å². The molecule has 1 N–H and O–H groups in total. The van der Waals surface area contributed by atoms with Crippen LogP contribution in [0.25, 0.3) is 0 Å². The average molecular weight is 226 g/mol. The summed E-state index contributed by atoms with van der Waals surface area (Å²) in [5.74, 6) is 0.506. The molecule has 2 heterocycles. The fourth-order valence-electron chi connectivity index (χ4n) is 2.38. The van der Waals surface area contributed by atoms with Gasteiger partial charge in [-0.1, -0.05) is 11.6 Å². The van der Waals surface area contributed by atoms with Gasteiger partial charge in [0.1, 0.15) is 5.15 Å². The molecular weight excluding hydrogens is 214 g/mol. The van der Waals surface area contributed by atoms with Crippen LogP contribution in [0.4, 0.5) is 0 Å². The second-order valence-electron chi connectivity index (χ2n) is 4.45. The van der Waals surface area contributed by atoms with Crippen molar-refractivity contribution in [3.8, 4) is 0 Å². The van der Waals surface area contributed by atoms with E-state index in [-0.39, 0.29) is 5.60 Å². The van der Waals surface area contributed by atoms with Gasteiger partial charge in [0.25, 0.3) is 0 Å². The lowest BCUT2D eigenvalue weighted by Crippen LogP contribution is -2.24. The van der Waals surface area contributed by atoms with Crippen molar-refractivity contribution in [3.63, 3.8) is 0 Å². The van der Waals surface area contributed by atoms with Crippen LogP contribution in [0.2, 0.25) is 5.15 Å². The molecule has 1 aliphatic heterocycles. The zero-order chi connectivity index (χ0) is 10.6. The van der Waals surface area contributed by atoms with Gasteiger partial charge >= 0.3 is 0 Å². The van der Waals surface area contributed by atoms with Gasteiger partial charge in [0.15, 0.2) is 6.29 Å². The van der Waals surface area contributed by atoms with E-state index in [1.54, 1.807) is 6.20 Å². The zero-order valence-electron chi connectivity index (χ0n) is 8.40. The van der Waals surface area contributed by atoms with E-state index in [9.17, 15) is 5.11 Å². The second kappa shape index (κ2) is 2.94. The number of rotatable bonds is 1. The zero-order valence-corrected chi connectivity index (χ0v) is 9.16. The molecule has 2 atom stereocenters. The van der Waals surface area contributed by atoms with Crippen LogP contribution < -0.4 is 0 Å². The van der Waals surface area contributed by atoms with Crippen LogP contribution >= 0.6 is 11.6 Å². The minimum absolute atomic E-state index is 0.374. The first-order valence-corrected chi connectivity index (χ1v) is 5.51. The smallest absolute Gasteiger partial charge is 0.184 e. The van der Waals surface area contributed by atoms with Crippen molar-refractivity contribution in [2.75, 3.05) is 0 Å². The average Bonchev–Trinajstić information content (AvgIpc) is 2.97. The molecule has 1 aromatic heterocycles. The van der Waals surface area contributed by atoms with Gasteiger partial charge in [0.2, 0.25) is 0 Å². The van der Waals surface area contributed by atoms with Gasteiger partial charge in [-0.2, -0.15) is 0 Å². The summed E-state index contributed by atoms with van der Waals surface area (Å²) in [5, 5.41) is 10.2. The normalized spacial score (nSPS) is 34.2. The Hall–Kier alpha value is -0.640. The van der Waals surface area contributed by atoms with Crippen molar-refractivity contribution in [3.05, 3.63) is 28.5 Å². The lowest BCUT2D eigenvalue weighted by Gasteiger charge is -2.24. The monoisotopic (exact) mass is 225 g/mol. The third-order valence-corrected chi connectivity index (χ3v) is 3.62. The summed E-state index contributed by atoms with van der Waals surface area (Å²) in [6.45, 7) is 2.02. The number of halogens is 1. The van der Waals surface area contributed by atoms with Gasteiger partial charge in [-0.3, -0.25) is 0 Å². The van der Waals surface area contributed by atoms with E-state index in [2.05, 4.69) is 4.98 Å². The van der Waals surface area contributed by atoms with E-state index in [0.29, 0.717) is 11.1 Å². The van der Waals surface area contributed by atoms with Gasteiger partial charge in [-0.05, 0) is 37.3 Å². The number of aliphatic hydroxyl groups excluding tert-OH is 1. The van der Waals surface area contributed by atoms with Crippen LogP contribution in [0.3, 0.4) is 0 Å². The molecule has 0 radical (unpaired) electrons. The maximum atomic E-state index is 9.78. The summed E-state index contributed by atoms with van der Waals surface area (Å²) in [7, 11) is 0. The first kappa shape index (κ1) is 9.58. The molecule has 3 rings (SSSR count). The molecule has 0 amide bonds. The molecule has 1 aromatic rings. The molecule has 0 aromatic carbocycles. The largest absolute Gasteiger partial charge is 0.364 e. The number of pyridine rings is 1. The molecule has 15 heavy (non-hydrogen) atoms. The van der Waals surface area contributed by atoms with Crippen LogP contribution in [0.5, 0.6) is 0 Å². The standard InChI is InChI=1S/C11H12ClNO2/c1-11(6-2-3-6)8-4-9(12)13-5-7(8)10(14)15-11/h4-6,10,14H,2-3H2,1H3. The number of fused-ring (bicyclic) bond motifs is 1. The lowest BCUT2D eigenvalue weighted by atomic mass is 9.91. The summed E-state index contributed by atoms with van der Waals surface area (Å²) in [6.07, 6.45) is 3.07. The molecule has 0 saturated heterocycles. The summed E-state index contributed by atoms with van der Waals surface area (Å²) in [5.41, 5.74) is 1.38. The second-order valence-corrected chi connectivity index (χ2v) is 4.83. The number of hydrogen-bond donors (Lipinski definition) is 1. The van der Waals surface area contributed by atoms with E-state index in [1.807, 2.05) is 13.0 Å². The first-order valence-electron chi connectivity index (χ1n) is 5.13. The fourth-order valence-corrected chi connectivity index (χ4v) is 2.53. The Labute approximate surface area is 93.0 Å². The van der Waals surface area contributed by atoms with Gasteiger partial charge in [0.05, 0.1) is 5.60 Å². The van der Waals surface area contributed by atoms with E-state index < -0.39 is 6.29 Å². The van der Waals surface area contributed by atoms with Gasteiger partial charge in [0, 0.05) is 11.8 Å². The Morgan fingerprint density at radius 1 is 1.60 bits per heavy atom. The fraction of sp³-hybridized carbons (Fsp3) is 0.545.